The number of carbonyl (C=O) groups is 1. The lowest BCUT2D eigenvalue weighted by Crippen LogP contribution is -2.19. The third-order valence-corrected chi connectivity index (χ3v) is 3.89. The molecule has 0 aliphatic heterocycles. The summed E-state index contributed by atoms with van der Waals surface area (Å²) in [4.78, 5) is 26.4. The Labute approximate surface area is 153 Å². The second-order valence-electron chi connectivity index (χ2n) is 5.46. The molecule has 1 amide bonds. The van der Waals surface area contributed by atoms with E-state index in [1.807, 2.05) is 30.3 Å². The van der Waals surface area contributed by atoms with E-state index in [-0.39, 0.29) is 23.2 Å². The molecule has 3 rings (SSSR count). The van der Waals surface area contributed by atoms with Gasteiger partial charge in [0.05, 0.1) is 23.1 Å². The van der Waals surface area contributed by atoms with Gasteiger partial charge >= 0.3 is 0 Å². The van der Waals surface area contributed by atoms with Crippen LogP contribution < -0.4 is 5.43 Å². The summed E-state index contributed by atoms with van der Waals surface area (Å²) in [6, 6.07) is 15.2. The summed E-state index contributed by atoms with van der Waals surface area (Å²) in [6.07, 6.45) is 1.56. The Morgan fingerprint density at radius 2 is 2.00 bits per heavy atom. The van der Waals surface area contributed by atoms with Crippen LogP contribution in [-0.4, -0.2) is 22.0 Å². The number of nitrogens with zero attached hydrogens (tertiary/aromatic N) is 3. The van der Waals surface area contributed by atoms with Gasteiger partial charge in [-0.1, -0.05) is 41.9 Å². The molecule has 0 unspecified atom stereocenters. The summed E-state index contributed by atoms with van der Waals surface area (Å²) < 4.78 is 0. The lowest BCUT2D eigenvalue weighted by atomic mass is 10.1. The molecular weight excluding hydrogens is 356 g/mol. The van der Waals surface area contributed by atoms with Crippen LogP contribution in [0.2, 0.25) is 5.15 Å². The highest BCUT2D eigenvalue weighted by Gasteiger charge is 2.09. The molecule has 0 bridgehead atoms. The molecule has 0 radical (unpaired) electrons. The Balaban J connectivity index is 1.74. The van der Waals surface area contributed by atoms with Crippen molar-refractivity contribution in [2.45, 2.75) is 6.42 Å². The summed E-state index contributed by atoms with van der Waals surface area (Å²) in [7, 11) is 0. The van der Waals surface area contributed by atoms with E-state index in [9.17, 15) is 14.9 Å². The second-order valence-corrected chi connectivity index (χ2v) is 5.82. The maximum Gasteiger partial charge on any atom is 0.270 e. The van der Waals surface area contributed by atoms with Gasteiger partial charge in [-0.2, -0.15) is 5.10 Å². The Bertz CT molecular complexity index is 1010. The van der Waals surface area contributed by atoms with E-state index in [1.54, 1.807) is 6.07 Å². The number of amides is 1. The van der Waals surface area contributed by atoms with Crippen LogP contribution in [-0.2, 0) is 11.2 Å². The van der Waals surface area contributed by atoms with Gasteiger partial charge in [0.1, 0.15) is 5.15 Å². The van der Waals surface area contributed by atoms with Gasteiger partial charge in [-0.05, 0) is 17.7 Å². The average molecular weight is 369 g/mol. The number of carbonyl (C=O) groups excluding carboxylic acids is 1. The lowest BCUT2D eigenvalue weighted by Gasteiger charge is -2.03. The minimum atomic E-state index is -0.481. The zero-order valence-electron chi connectivity index (χ0n) is 13.4. The standard InChI is InChI=1S/C18H13ClN4O3/c19-18-14(9-13-10-15(23(25)26)6-7-16(13)21-18)11-20-22-17(24)8-12-4-2-1-3-5-12/h1-7,9-11H,8H2,(H,22,24)/b20-11-. The third-order valence-electron chi connectivity index (χ3n) is 3.59. The number of hydrazone groups is 1. The molecule has 1 N–H and O–H groups in total. The van der Waals surface area contributed by atoms with Crippen molar-refractivity contribution in [1.82, 2.24) is 10.4 Å². The molecule has 1 heterocycles. The Morgan fingerprint density at radius 1 is 1.23 bits per heavy atom. The van der Waals surface area contributed by atoms with Crippen molar-refractivity contribution in [2.24, 2.45) is 5.10 Å². The number of rotatable bonds is 5. The molecule has 3 aromatic rings. The molecule has 0 saturated carbocycles. The third kappa shape index (κ3) is 4.20. The summed E-state index contributed by atoms with van der Waals surface area (Å²) in [5.41, 5.74) is 4.23. The molecule has 0 saturated heterocycles. The molecule has 1 aromatic heterocycles. The number of pyridine rings is 1. The van der Waals surface area contributed by atoms with Crippen molar-refractivity contribution in [3.8, 4) is 0 Å². The van der Waals surface area contributed by atoms with E-state index < -0.39 is 4.92 Å². The predicted molar refractivity (Wildman–Crippen MR) is 99.3 cm³/mol. The zero-order valence-corrected chi connectivity index (χ0v) is 14.2. The van der Waals surface area contributed by atoms with Gasteiger partial charge in [0.15, 0.2) is 0 Å². The van der Waals surface area contributed by atoms with E-state index in [0.29, 0.717) is 16.5 Å². The fraction of sp³-hybridized carbons (Fsp3) is 0.0556. The van der Waals surface area contributed by atoms with Crippen LogP contribution in [0.15, 0.2) is 59.7 Å². The number of fused-ring (bicyclic) bond motifs is 1. The SMILES string of the molecule is O=C(Cc1ccccc1)N/N=C\c1cc2cc([N+](=O)[O-])ccc2nc1Cl. The van der Waals surface area contributed by atoms with Crippen molar-refractivity contribution in [2.75, 3.05) is 0 Å². The summed E-state index contributed by atoms with van der Waals surface area (Å²) in [5, 5.41) is 15.5. The molecule has 0 aliphatic rings. The van der Waals surface area contributed by atoms with Crippen LogP contribution in [0.1, 0.15) is 11.1 Å². The highest BCUT2D eigenvalue weighted by Crippen LogP contribution is 2.23. The van der Waals surface area contributed by atoms with Crippen molar-refractivity contribution < 1.29 is 9.72 Å². The quantitative estimate of drug-likeness (QED) is 0.322. The minimum Gasteiger partial charge on any atom is -0.273 e. The second kappa shape index (κ2) is 7.71. The first-order valence-electron chi connectivity index (χ1n) is 7.63. The van der Waals surface area contributed by atoms with Crippen molar-refractivity contribution in [1.29, 1.82) is 0 Å². The monoisotopic (exact) mass is 368 g/mol. The summed E-state index contributed by atoms with van der Waals surface area (Å²) in [5.74, 6) is -0.270. The number of nitro benzene ring substituents is 1. The molecule has 2 aromatic carbocycles. The van der Waals surface area contributed by atoms with Gasteiger partial charge in [0.2, 0.25) is 5.91 Å². The topological polar surface area (TPSA) is 97.5 Å². The number of nitrogens with one attached hydrogen (secondary N) is 1. The zero-order chi connectivity index (χ0) is 18.5. The van der Waals surface area contributed by atoms with Crippen LogP contribution in [0, 0.1) is 10.1 Å². The highest BCUT2D eigenvalue weighted by molar-refractivity contribution is 6.32. The first kappa shape index (κ1) is 17.5. The molecule has 0 atom stereocenters. The van der Waals surface area contributed by atoms with Gasteiger partial charge in [-0.15, -0.1) is 0 Å². The Kier molecular flexibility index (Phi) is 5.19. The first-order chi connectivity index (χ1) is 12.5. The molecule has 0 fully saturated rings. The number of benzene rings is 2. The van der Waals surface area contributed by atoms with Gasteiger partial charge in [-0.25, -0.2) is 10.4 Å². The van der Waals surface area contributed by atoms with Crippen LogP contribution >= 0.6 is 11.6 Å². The van der Waals surface area contributed by atoms with Gasteiger partial charge < -0.3 is 0 Å². The van der Waals surface area contributed by atoms with Crippen molar-refractivity contribution in [3.63, 3.8) is 0 Å². The van der Waals surface area contributed by atoms with Crippen LogP contribution in [0.4, 0.5) is 5.69 Å². The van der Waals surface area contributed by atoms with Crippen LogP contribution in [0.3, 0.4) is 0 Å². The van der Waals surface area contributed by atoms with E-state index in [4.69, 9.17) is 11.6 Å². The molecule has 8 heteroatoms. The molecular formula is C18H13ClN4O3. The largest absolute Gasteiger partial charge is 0.273 e. The van der Waals surface area contributed by atoms with Crippen molar-refractivity contribution in [3.05, 3.63) is 81.0 Å². The summed E-state index contributed by atoms with van der Waals surface area (Å²) in [6.45, 7) is 0. The van der Waals surface area contributed by atoms with E-state index >= 15 is 0 Å². The molecule has 0 aliphatic carbocycles. The summed E-state index contributed by atoms with van der Waals surface area (Å²) >= 11 is 6.10. The molecule has 0 spiro atoms. The number of aromatic nitrogens is 1. The Hall–Kier alpha value is -3.32. The normalized spacial score (nSPS) is 11.0. The number of halogens is 1. The highest BCUT2D eigenvalue weighted by atomic mass is 35.5. The van der Waals surface area contributed by atoms with Crippen molar-refractivity contribution >= 4 is 40.3 Å². The molecule has 130 valence electrons. The molecule has 7 nitrogen and oxygen atoms in total. The number of non-ortho nitro benzene ring substituents is 1. The van der Waals surface area contributed by atoms with Crippen LogP contribution in [0.25, 0.3) is 10.9 Å². The van der Waals surface area contributed by atoms with Gasteiger partial charge in [0, 0.05) is 23.1 Å². The maximum absolute atomic E-state index is 11.9. The first-order valence-corrected chi connectivity index (χ1v) is 8.01. The van der Waals surface area contributed by atoms with E-state index in [2.05, 4.69) is 15.5 Å². The predicted octanol–water partition coefficient (Wildman–Crippen LogP) is 3.49. The number of hydrogen-bond donors (Lipinski definition) is 1. The van der Waals surface area contributed by atoms with Crippen LogP contribution in [0.5, 0.6) is 0 Å². The average Bonchev–Trinajstić information content (AvgIpc) is 2.62. The number of nitro groups is 1. The van der Waals surface area contributed by atoms with Gasteiger partial charge in [0.25, 0.3) is 5.69 Å². The lowest BCUT2D eigenvalue weighted by molar-refractivity contribution is -0.384. The smallest absolute Gasteiger partial charge is 0.270 e. The Morgan fingerprint density at radius 3 is 2.73 bits per heavy atom. The van der Waals surface area contributed by atoms with Gasteiger partial charge in [-0.3, -0.25) is 14.9 Å². The fourth-order valence-corrected chi connectivity index (χ4v) is 2.55. The van der Waals surface area contributed by atoms with E-state index in [1.165, 1.54) is 24.4 Å². The molecule has 26 heavy (non-hydrogen) atoms. The number of hydrogen-bond acceptors (Lipinski definition) is 5. The fourth-order valence-electron chi connectivity index (χ4n) is 2.36. The van der Waals surface area contributed by atoms with E-state index in [0.717, 1.165) is 5.56 Å². The maximum atomic E-state index is 11.9. The minimum absolute atomic E-state index is 0.0410.